The molecule has 2 N–H and O–H groups in total. The molecule has 0 radical (unpaired) electrons. The Morgan fingerprint density at radius 1 is 1.36 bits per heavy atom. The Bertz CT molecular complexity index is 188. The molecule has 0 aromatic heterocycles. The van der Waals surface area contributed by atoms with E-state index < -0.39 is 0 Å². The number of nitrogens with zero attached hydrogens (tertiary/aromatic N) is 1. The highest BCUT2D eigenvalue weighted by Gasteiger charge is 2.43. The van der Waals surface area contributed by atoms with E-state index in [1.165, 1.54) is 32.4 Å². The van der Waals surface area contributed by atoms with Crippen LogP contribution in [-0.2, 0) is 0 Å². The van der Waals surface area contributed by atoms with E-state index in [4.69, 9.17) is 5.11 Å². The van der Waals surface area contributed by atoms with Crippen molar-refractivity contribution in [2.75, 3.05) is 33.3 Å². The molecule has 2 saturated heterocycles. The molecule has 1 unspecified atom stereocenters. The van der Waals surface area contributed by atoms with E-state index in [0.717, 1.165) is 13.0 Å². The Labute approximate surface area is 86.5 Å². The smallest absolute Gasteiger partial charge is 0.0446 e. The molecule has 2 fully saturated rings. The highest BCUT2D eigenvalue weighted by Crippen LogP contribution is 2.42. The number of piperidine rings is 1. The summed E-state index contributed by atoms with van der Waals surface area (Å²) in [6.45, 7) is 3.93. The van der Waals surface area contributed by atoms with Gasteiger partial charge in [-0.05, 0) is 57.8 Å². The van der Waals surface area contributed by atoms with Crippen molar-refractivity contribution in [1.82, 2.24) is 10.2 Å². The first-order valence-corrected chi connectivity index (χ1v) is 5.80. The molecule has 0 saturated carbocycles. The van der Waals surface area contributed by atoms with Gasteiger partial charge in [0, 0.05) is 12.6 Å². The maximum atomic E-state index is 9.04. The van der Waals surface area contributed by atoms with Gasteiger partial charge in [0.05, 0.1) is 0 Å². The number of aliphatic hydroxyl groups is 1. The van der Waals surface area contributed by atoms with Gasteiger partial charge in [-0.25, -0.2) is 0 Å². The van der Waals surface area contributed by atoms with Gasteiger partial charge in [-0.2, -0.15) is 0 Å². The molecule has 0 aromatic rings. The van der Waals surface area contributed by atoms with Crippen LogP contribution in [0.1, 0.15) is 25.7 Å². The van der Waals surface area contributed by atoms with Crippen LogP contribution in [0.2, 0.25) is 0 Å². The van der Waals surface area contributed by atoms with Crippen LogP contribution in [0, 0.1) is 5.41 Å². The summed E-state index contributed by atoms with van der Waals surface area (Å²) in [5, 5.41) is 12.6. The van der Waals surface area contributed by atoms with E-state index in [-0.39, 0.29) is 0 Å². The molecular formula is C11H22N2O. The average Bonchev–Trinajstić information content (AvgIpc) is 2.56. The normalized spacial score (nSPS) is 32.6. The van der Waals surface area contributed by atoms with Crippen LogP contribution >= 0.6 is 0 Å². The Balaban J connectivity index is 1.99. The van der Waals surface area contributed by atoms with Gasteiger partial charge in [0.1, 0.15) is 0 Å². The summed E-state index contributed by atoms with van der Waals surface area (Å²) in [4.78, 5) is 2.42. The third kappa shape index (κ3) is 1.81. The molecule has 0 aliphatic carbocycles. The summed E-state index contributed by atoms with van der Waals surface area (Å²) in [7, 11) is 2.20. The fraction of sp³-hybridized carbons (Fsp3) is 1.00. The lowest BCUT2D eigenvalue weighted by atomic mass is 9.72. The minimum atomic E-state index is 0.329. The Kier molecular flexibility index (Phi) is 3.10. The van der Waals surface area contributed by atoms with Crippen LogP contribution in [0.25, 0.3) is 0 Å². The topological polar surface area (TPSA) is 35.5 Å². The van der Waals surface area contributed by atoms with Gasteiger partial charge in [-0.3, -0.25) is 0 Å². The van der Waals surface area contributed by atoms with E-state index in [1.807, 2.05) is 0 Å². The molecule has 1 atom stereocenters. The molecule has 2 aliphatic rings. The van der Waals surface area contributed by atoms with Crippen LogP contribution < -0.4 is 5.32 Å². The lowest BCUT2D eigenvalue weighted by molar-refractivity contribution is 0.0950. The van der Waals surface area contributed by atoms with E-state index in [1.54, 1.807) is 0 Å². The molecule has 0 bridgehead atoms. The van der Waals surface area contributed by atoms with Crippen molar-refractivity contribution in [2.24, 2.45) is 5.41 Å². The fourth-order valence-electron chi connectivity index (χ4n) is 3.09. The van der Waals surface area contributed by atoms with E-state index in [9.17, 15) is 0 Å². The summed E-state index contributed by atoms with van der Waals surface area (Å²) < 4.78 is 0. The zero-order chi connectivity index (χ0) is 10.0. The van der Waals surface area contributed by atoms with E-state index in [2.05, 4.69) is 17.3 Å². The molecule has 2 aliphatic heterocycles. The molecule has 82 valence electrons. The SMILES string of the molecule is CN1CCC2(CCNC2CCO)CC1. The van der Waals surface area contributed by atoms with Gasteiger partial charge in [0.2, 0.25) is 0 Å². The molecule has 3 nitrogen and oxygen atoms in total. The molecule has 0 aromatic carbocycles. The van der Waals surface area contributed by atoms with Crippen molar-refractivity contribution in [3.63, 3.8) is 0 Å². The first kappa shape index (κ1) is 10.4. The van der Waals surface area contributed by atoms with Crippen molar-refractivity contribution >= 4 is 0 Å². The third-order valence-corrected chi connectivity index (χ3v) is 4.15. The Hall–Kier alpha value is -0.120. The zero-order valence-corrected chi connectivity index (χ0v) is 9.13. The summed E-state index contributed by atoms with van der Waals surface area (Å²) >= 11 is 0. The lowest BCUT2D eigenvalue weighted by Crippen LogP contribution is -2.45. The van der Waals surface area contributed by atoms with Gasteiger partial charge in [-0.15, -0.1) is 0 Å². The van der Waals surface area contributed by atoms with E-state index in [0.29, 0.717) is 18.1 Å². The number of nitrogens with one attached hydrogen (secondary N) is 1. The van der Waals surface area contributed by atoms with Crippen molar-refractivity contribution in [3.8, 4) is 0 Å². The van der Waals surface area contributed by atoms with Crippen molar-refractivity contribution < 1.29 is 5.11 Å². The molecule has 3 heteroatoms. The summed E-state index contributed by atoms with van der Waals surface area (Å²) in [6.07, 6.45) is 4.86. The molecular weight excluding hydrogens is 176 g/mol. The minimum absolute atomic E-state index is 0.329. The summed E-state index contributed by atoms with van der Waals surface area (Å²) in [6, 6.07) is 0.571. The van der Waals surface area contributed by atoms with Gasteiger partial charge < -0.3 is 15.3 Å². The molecule has 2 heterocycles. The third-order valence-electron chi connectivity index (χ3n) is 4.15. The van der Waals surface area contributed by atoms with Gasteiger partial charge >= 0.3 is 0 Å². The number of aliphatic hydroxyl groups excluding tert-OH is 1. The van der Waals surface area contributed by atoms with Crippen molar-refractivity contribution in [3.05, 3.63) is 0 Å². The van der Waals surface area contributed by atoms with Gasteiger partial charge in [0.15, 0.2) is 0 Å². The predicted molar refractivity (Wildman–Crippen MR) is 57.3 cm³/mol. The van der Waals surface area contributed by atoms with Crippen LogP contribution in [0.4, 0.5) is 0 Å². The van der Waals surface area contributed by atoms with Gasteiger partial charge in [0.25, 0.3) is 0 Å². The maximum Gasteiger partial charge on any atom is 0.0446 e. The van der Waals surface area contributed by atoms with Crippen LogP contribution in [-0.4, -0.2) is 49.3 Å². The molecule has 0 amide bonds. The van der Waals surface area contributed by atoms with Crippen molar-refractivity contribution in [2.45, 2.75) is 31.7 Å². The quantitative estimate of drug-likeness (QED) is 0.676. The van der Waals surface area contributed by atoms with Crippen LogP contribution in [0.5, 0.6) is 0 Å². The second kappa shape index (κ2) is 4.17. The average molecular weight is 198 g/mol. The molecule has 14 heavy (non-hydrogen) atoms. The standard InChI is InChI=1S/C11H22N2O/c1-13-7-4-11(5-8-13)3-6-12-10(11)2-9-14/h10,12,14H,2-9H2,1H3. The summed E-state index contributed by atoms with van der Waals surface area (Å²) in [5.41, 5.74) is 0.509. The molecule has 2 rings (SSSR count). The molecule has 1 spiro atoms. The van der Waals surface area contributed by atoms with Crippen LogP contribution in [0.15, 0.2) is 0 Å². The highest BCUT2D eigenvalue weighted by atomic mass is 16.3. The minimum Gasteiger partial charge on any atom is -0.396 e. The first-order chi connectivity index (χ1) is 6.77. The largest absolute Gasteiger partial charge is 0.396 e. The zero-order valence-electron chi connectivity index (χ0n) is 9.13. The number of hydrogen-bond acceptors (Lipinski definition) is 3. The Morgan fingerprint density at radius 2 is 2.07 bits per heavy atom. The predicted octanol–water partition coefficient (Wildman–Crippen LogP) is 0.443. The van der Waals surface area contributed by atoms with Gasteiger partial charge in [-0.1, -0.05) is 0 Å². The maximum absolute atomic E-state index is 9.04. The van der Waals surface area contributed by atoms with Crippen molar-refractivity contribution in [1.29, 1.82) is 0 Å². The van der Waals surface area contributed by atoms with E-state index >= 15 is 0 Å². The number of likely N-dealkylation sites (tertiary alicyclic amines) is 1. The summed E-state index contributed by atoms with van der Waals surface area (Å²) in [5.74, 6) is 0. The second-order valence-electron chi connectivity index (χ2n) is 4.93. The second-order valence-corrected chi connectivity index (χ2v) is 4.93. The fourth-order valence-corrected chi connectivity index (χ4v) is 3.09. The Morgan fingerprint density at radius 3 is 2.71 bits per heavy atom. The number of rotatable bonds is 2. The highest BCUT2D eigenvalue weighted by molar-refractivity contribution is 4.99. The monoisotopic (exact) mass is 198 g/mol. The van der Waals surface area contributed by atoms with Crippen LogP contribution in [0.3, 0.4) is 0 Å². The lowest BCUT2D eigenvalue weighted by Gasteiger charge is -2.41. The first-order valence-electron chi connectivity index (χ1n) is 5.80. The number of hydrogen-bond donors (Lipinski definition) is 2.